The van der Waals surface area contributed by atoms with Crippen molar-refractivity contribution < 1.29 is 4.52 Å². The van der Waals surface area contributed by atoms with Gasteiger partial charge >= 0.3 is 0 Å². The molecule has 88 valence electrons. The van der Waals surface area contributed by atoms with Crippen molar-refractivity contribution in [3.63, 3.8) is 0 Å². The highest BCUT2D eigenvalue weighted by molar-refractivity contribution is 7.99. The number of nitrogens with zero attached hydrogens (tertiary/aromatic N) is 3. The molecule has 0 amide bonds. The van der Waals surface area contributed by atoms with Crippen molar-refractivity contribution in [1.82, 2.24) is 10.1 Å². The highest BCUT2D eigenvalue weighted by Gasteiger charge is 2.14. The van der Waals surface area contributed by atoms with Gasteiger partial charge in [0, 0.05) is 11.2 Å². The molecule has 0 aromatic carbocycles. The molecule has 0 saturated carbocycles. The third kappa shape index (κ3) is 4.67. The quantitative estimate of drug-likeness (QED) is 0.808. The van der Waals surface area contributed by atoms with Gasteiger partial charge in [-0.25, -0.2) is 0 Å². The summed E-state index contributed by atoms with van der Waals surface area (Å²) in [4.78, 5) is 4.25. The highest BCUT2D eigenvalue weighted by Crippen LogP contribution is 2.26. The van der Waals surface area contributed by atoms with Gasteiger partial charge in [0.2, 0.25) is 5.89 Å². The van der Waals surface area contributed by atoms with Gasteiger partial charge in [0.15, 0.2) is 5.82 Å². The molecule has 1 aromatic rings. The third-order valence-corrected chi connectivity index (χ3v) is 3.11. The summed E-state index contributed by atoms with van der Waals surface area (Å²) in [7, 11) is 0. The topological polar surface area (TPSA) is 62.7 Å². The molecule has 0 aliphatic carbocycles. The fraction of sp³-hybridized carbons (Fsp3) is 0.727. The lowest BCUT2D eigenvalue weighted by Crippen LogP contribution is -2.07. The standard InChI is InChI=1S/C11H17N3OS/c1-8(6-12)5-10-13-9(14-15-10)7-16-11(2,3)4/h8H,5,7H2,1-4H3. The lowest BCUT2D eigenvalue weighted by atomic mass is 10.1. The molecule has 0 fully saturated rings. The minimum atomic E-state index is -0.0800. The number of hydrogen-bond acceptors (Lipinski definition) is 5. The molecular weight excluding hydrogens is 222 g/mol. The minimum absolute atomic E-state index is 0.0800. The van der Waals surface area contributed by atoms with Crippen LogP contribution in [0.15, 0.2) is 4.52 Å². The SMILES string of the molecule is CC(C#N)Cc1nc(CSC(C)(C)C)no1. The van der Waals surface area contributed by atoms with Crippen LogP contribution in [-0.4, -0.2) is 14.9 Å². The maximum atomic E-state index is 8.67. The van der Waals surface area contributed by atoms with Crippen LogP contribution in [-0.2, 0) is 12.2 Å². The molecule has 16 heavy (non-hydrogen) atoms. The Morgan fingerprint density at radius 3 is 2.75 bits per heavy atom. The van der Waals surface area contributed by atoms with Gasteiger partial charge in [-0.2, -0.15) is 10.2 Å². The number of hydrogen-bond donors (Lipinski definition) is 0. The summed E-state index contributed by atoms with van der Waals surface area (Å²) in [5.41, 5.74) is 0. The van der Waals surface area contributed by atoms with Crippen LogP contribution in [0.2, 0.25) is 0 Å². The molecule has 0 radical (unpaired) electrons. The Balaban J connectivity index is 2.49. The van der Waals surface area contributed by atoms with Crippen LogP contribution in [0.5, 0.6) is 0 Å². The second kappa shape index (κ2) is 5.35. The molecule has 1 heterocycles. The summed E-state index contributed by atoms with van der Waals surface area (Å²) < 4.78 is 5.27. The van der Waals surface area contributed by atoms with E-state index in [1.54, 1.807) is 11.8 Å². The number of nitriles is 1. The summed E-state index contributed by atoms with van der Waals surface area (Å²) in [6, 6.07) is 2.15. The van der Waals surface area contributed by atoms with Crippen molar-refractivity contribution in [2.45, 2.75) is 44.6 Å². The first-order valence-corrected chi connectivity index (χ1v) is 6.24. The van der Waals surface area contributed by atoms with Crippen molar-refractivity contribution in [2.75, 3.05) is 0 Å². The van der Waals surface area contributed by atoms with E-state index in [0.29, 0.717) is 18.1 Å². The first kappa shape index (κ1) is 13.0. The zero-order valence-corrected chi connectivity index (χ0v) is 11.0. The van der Waals surface area contributed by atoms with Crippen LogP contribution in [0.25, 0.3) is 0 Å². The largest absolute Gasteiger partial charge is 0.339 e. The van der Waals surface area contributed by atoms with Crippen molar-refractivity contribution >= 4 is 11.8 Å². The van der Waals surface area contributed by atoms with E-state index >= 15 is 0 Å². The zero-order valence-electron chi connectivity index (χ0n) is 10.1. The Bertz CT molecular complexity index is 375. The second-order valence-corrected chi connectivity index (χ2v) is 6.54. The van der Waals surface area contributed by atoms with Crippen LogP contribution < -0.4 is 0 Å². The fourth-order valence-electron chi connectivity index (χ4n) is 1.02. The summed E-state index contributed by atoms with van der Waals surface area (Å²) in [5, 5.41) is 12.6. The zero-order chi connectivity index (χ0) is 12.2. The maximum Gasteiger partial charge on any atom is 0.227 e. The normalized spacial score (nSPS) is 13.4. The van der Waals surface area contributed by atoms with Crippen LogP contribution in [0.3, 0.4) is 0 Å². The predicted octanol–water partition coefficient (Wildman–Crippen LogP) is 2.80. The first-order chi connectivity index (χ1) is 7.40. The molecule has 1 rings (SSSR count). The van der Waals surface area contributed by atoms with Gasteiger partial charge in [-0.1, -0.05) is 25.9 Å². The summed E-state index contributed by atoms with van der Waals surface area (Å²) in [6.45, 7) is 8.29. The van der Waals surface area contributed by atoms with Crippen molar-refractivity contribution in [2.24, 2.45) is 5.92 Å². The van der Waals surface area contributed by atoms with Gasteiger partial charge in [-0.3, -0.25) is 0 Å². The van der Waals surface area contributed by atoms with E-state index in [1.165, 1.54) is 0 Å². The van der Waals surface area contributed by atoms with Gasteiger partial charge in [0.25, 0.3) is 0 Å². The lowest BCUT2D eigenvalue weighted by Gasteiger charge is -2.15. The fourth-order valence-corrected chi connectivity index (χ4v) is 1.70. The van der Waals surface area contributed by atoms with Gasteiger partial charge in [0.1, 0.15) is 0 Å². The molecule has 1 unspecified atom stereocenters. The minimum Gasteiger partial charge on any atom is -0.339 e. The van der Waals surface area contributed by atoms with Crippen molar-refractivity contribution in [3.05, 3.63) is 11.7 Å². The molecule has 0 bridgehead atoms. The van der Waals surface area contributed by atoms with E-state index in [1.807, 2.05) is 6.92 Å². The van der Waals surface area contributed by atoms with Gasteiger partial charge in [-0.15, -0.1) is 11.8 Å². The molecule has 0 spiro atoms. The van der Waals surface area contributed by atoms with E-state index in [9.17, 15) is 0 Å². The number of rotatable bonds is 4. The molecular formula is C11H17N3OS. The van der Waals surface area contributed by atoms with Crippen molar-refractivity contribution in [1.29, 1.82) is 5.26 Å². The Kier molecular flexibility index (Phi) is 4.36. The molecule has 1 aromatic heterocycles. The van der Waals surface area contributed by atoms with Crippen LogP contribution in [0.1, 0.15) is 39.4 Å². The monoisotopic (exact) mass is 239 g/mol. The number of thioether (sulfide) groups is 1. The van der Waals surface area contributed by atoms with Crippen LogP contribution in [0.4, 0.5) is 0 Å². The second-order valence-electron chi connectivity index (χ2n) is 4.74. The first-order valence-electron chi connectivity index (χ1n) is 5.26. The molecule has 0 N–H and O–H groups in total. The molecule has 0 saturated heterocycles. The Morgan fingerprint density at radius 1 is 1.50 bits per heavy atom. The van der Waals surface area contributed by atoms with Crippen molar-refractivity contribution in [3.8, 4) is 6.07 Å². The van der Waals surface area contributed by atoms with E-state index in [4.69, 9.17) is 9.78 Å². The smallest absolute Gasteiger partial charge is 0.227 e. The molecule has 4 nitrogen and oxygen atoms in total. The van der Waals surface area contributed by atoms with E-state index in [2.05, 4.69) is 37.0 Å². The summed E-state index contributed by atoms with van der Waals surface area (Å²) in [6.07, 6.45) is 0.531. The molecule has 5 heteroatoms. The van der Waals surface area contributed by atoms with E-state index < -0.39 is 0 Å². The Labute approximate surface area is 100 Å². The van der Waals surface area contributed by atoms with Crippen LogP contribution in [0, 0.1) is 17.2 Å². The van der Waals surface area contributed by atoms with Gasteiger partial charge < -0.3 is 4.52 Å². The Hall–Kier alpha value is -1.02. The van der Waals surface area contributed by atoms with E-state index in [0.717, 1.165) is 5.75 Å². The highest BCUT2D eigenvalue weighted by atomic mass is 32.2. The molecule has 0 aliphatic heterocycles. The average Bonchev–Trinajstić information content (AvgIpc) is 2.61. The molecule has 1 atom stereocenters. The van der Waals surface area contributed by atoms with E-state index in [-0.39, 0.29) is 10.7 Å². The predicted molar refractivity (Wildman–Crippen MR) is 63.8 cm³/mol. The van der Waals surface area contributed by atoms with Gasteiger partial charge in [-0.05, 0) is 6.92 Å². The number of aromatic nitrogens is 2. The lowest BCUT2D eigenvalue weighted by molar-refractivity contribution is 0.365. The third-order valence-electron chi connectivity index (χ3n) is 1.85. The summed E-state index contributed by atoms with van der Waals surface area (Å²) >= 11 is 1.77. The maximum absolute atomic E-state index is 8.67. The molecule has 0 aliphatic rings. The van der Waals surface area contributed by atoms with Crippen LogP contribution >= 0.6 is 11.8 Å². The van der Waals surface area contributed by atoms with Gasteiger partial charge in [0.05, 0.1) is 17.7 Å². The average molecular weight is 239 g/mol. The Morgan fingerprint density at radius 2 is 2.19 bits per heavy atom. The summed E-state index contributed by atoms with van der Waals surface area (Å²) in [5.74, 6) is 1.93.